The summed E-state index contributed by atoms with van der Waals surface area (Å²) >= 11 is 1.34. The number of hydrogen-bond acceptors (Lipinski definition) is 4. The number of rotatable bonds is 6. The van der Waals surface area contributed by atoms with Gasteiger partial charge in [-0.15, -0.1) is 11.3 Å². The molecule has 0 atom stereocenters. The molecule has 23 heavy (non-hydrogen) atoms. The Hall–Kier alpha value is -2.18. The monoisotopic (exact) mass is 332 g/mol. The first-order chi connectivity index (χ1) is 11.0. The van der Waals surface area contributed by atoms with Crippen LogP contribution in [0.15, 0.2) is 24.3 Å². The van der Waals surface area contributed by atoms with Crippen LogP contribution in [0.2, 0.25) is 0 Å². The molecule has 1 amide bonds. The Balaban J connectivity index is 2.29. The van der Waals surface area contributed by atoms with Crippen molar-refractivity contribution in [2.45, 2.75) is 33.2 Å². The lowest BCUT2D eigenvalue weighted by Gasteiger charge is -2.05. The third-order valence-electron chi connectivity index (χ3n) is 3.62. The third kappa shape index (κ3) is 3.78. The van der Waals surface area contributed by atoms with Gasteiger partial charge in [-0.3, -0.25) is 4.79 Å². The molecule has 2 rings (SSSR count). The molecule has 1 aromatic carbocycles. The van der Waals surface area contributed by atoms with Gasteiger partial charge >= 0.3 is 5.97 Å². The molecule has 0 spiro atoms. The van der Waals surface area contributed by atoms with Crippen LogP contribution >= 0.6 is 11.3 Å². The lowest BCUT2D eigenvalue weighted by molar-refractivity contribution is 0.0697. The topological polar surface area (TPSA) is 92.4 Å². The summed E-state index contributed by atoms with van der Waals surface area (Å²) in [5, 5.41) is 12.5. The van der Waals surface area contributed by atoms with Crippen molar-refractivity contribution >= 4 is 28.2 Å². The number of carbonyl (C=O) groups excluding carboxylic acids is 1. The van der Waals surface area contributed by atoms with Gasteiger partial charge < -0.3 is 16.2 Å². The fourth-order valence-corrected chi connectivity index (χ4v) is 3.63. The van der Waals surface area contributed by atoms with Gasteiger partial charge in [0.05, 0.1) is 5.56 Å². The first-order valence-electron chi connectivity index (χ1n) is 7.43. The summed E-state index contributed by atoms with van der Waals surface area (Å²) in [6, 6.07) is 6.95. The van der Waals surface area contributed by atoms with Crippen molar-refractivity contribution in [3.8, 4) is 0 Å². The molecule has 122 valence electrons. The zero-order chi connectivity index (χ0) is 17.0. The van der Waals surface area contributed by atoms with E-state index in [4.69, 9.17) is 5.73 Å². The highest BCUT2D eigenvalue weighted by Crippen LogP contribution is 2.34. The molecule has 6 heteroatoms. The summed E-state index contributed by atoms with van der Waals surface area (Å²) < 4.78 is 0. The first-order valence-corrected chi connectivity index (χ1v) is 8.25. The van der Waals surface area contributed by atoms with Gasteiger partial charge in [-0.1, -0.05) is 25.5 Å². The largest absolute Gasteiger partial charge is 0.478 e. The maximum atomic E-state index is 12.3. The first kappa shape index (κ1) is 17.2. The van der Waals surface area contributed by atoms with E-state index in [1.54, 1.807) is 31.2 Å². The highest BCUT2D eigenvalue weighted by atomic mass is 32.1. The average molecular weight is 332 g/mol. The Morgan fingerprint density at radius 2 is 1.91 bits per heavy atom. The molecule has 0 fully saturated rings. The van der Waals surface area contributed by atoms with E-state index in [1.807, 2.05) is 6.92 Å². The van der Waals surface area contributed by atoms with Crippen LogP contribution in [-0.4, -0.2) is 17.0 Å². The Morgan fingerprint density at radius 1 is 1.26 bits per heavy atom. The molecular formula is C17H20N2O3S. The summed E-state index contributed by atoms with van der Waals surface area (Å²) in [4.78, 5) is 24.8. The number of thiophene rings is 1. The normalized spacial score (nSPS) is 10.6. The molecule has 2 aromatic rings. The fraction of sp³-hybridized carbons (Fsp3) is 0.294. The van der Waals surface area contributed by atoms with E-state index < -0.39 is 5.97 Å². The van der Waals surface area contributed by atoms with Crippen LogP contribution in [0, 0.1) is 6.92 Å². The fourth-order valence-electron chi connectivity index (χ4n) is 2.34. The summed E-state index contributed by atoms with van der Waals surface area (Å²) in [7, 11) is 0. The van der Waals surface area contributed by atoms with Gasteiger partial charge in [0.25, 0.3) is 5.91 Å². The molecule has 0 aliphatic heterocycles. The number of carboxylic acids is 1. The number of nitrogens with one attached hydrogen (secondary N) is 1. The standard InChI is InChI=1S/C17H20N2O3S/c1-3-4-13-10(2)14(17(21)22)16(23-13)19-15(20)12-7-5-11(9-18)6-8-12/h5-8H,3-4,9,18H2,1-2H3,(H,19,20)(H,21,22). The number of anilines is 1. The second-order valence-corrected chi connectivity index (χ2v) is 6.37. The minimum atomic E-state index is -1.02. The molecule has 0 bridgehead atoms. The van der Waals surface area contributed by atoms with Gasteiger partial charge in [0.1, 0.15) is 5.00 Å². The van der Waals surface area contributed by atoms with Crippen molar-refractivity contribution in [1.82, 2.24) is 0 Å². The minimum Gasteiger partial charge on any atom is -0.478 e. The van der Waals surface area contributed by atoms with E-state index in [0.717, 1.165) is 28.8 Å². The number of aromatic carboxylic acids is 1. The second-order valence-electron chi connectivity index (χ2n) is 5.26. The van der Waals surface area contributed by atoms with Gasteiger partial charge in [-0.05, 0) is 36.6 Å². The van der Waals surface area contributed by atoms with E-state index in [9.17, 15) is 14.7 Å². The van der Waals surface area contributed by atoms with E-state index in [1.165, 1.54) is 11.3 Å². The van der Waals surface area contributed by atoms with Crippen molar-refractivity contribution < 1.29 is 14.7 Å². The van der Waals surface area contributed by atoms with E-state index in [2.05, 4.69) is 5.32 Å². The van der Waals surface area contributed by atoms with Crippen molar-refractivity contribution in [2.24, 2.45) is 5.73 Å². The van der Waals surface area contributed by atoms with Gasteiger partial charge in [-0.2, -0.15) is 0 Å². The van der Waals surface area contributed by atoms with Crippen molar-refractivity contribution in [1.29, 1.82) is 0 Å². The van der Waals surface area contributed by atoms with Crippen LogP contribution in [-0.2, 0) is 13.0 Å². The van der Waals surface area contributed by atoms with Crippen molar-refractivity contribution in [3.63, 3.8) is 0 Å². The van der Waals surface area contributed by atoms with Crippen LogP contribution < -0.4 is 11.1 Å². The molecule has 0 saturated heterocycles. The molecule has 0 unspecified atom stereocenters. The Kier molecular flexibility index (Phi) is 5.52. The van der Waals surface area contributed by atoms with Gasteiger partial charge in [0.15, 0.2) is 0 Å². The van der Waals surface area contributed by atoms with Crippen molar-refractivity contribution in [2.75, 3.05) is 5.32 Å². The molecule has 1 aromatic heterocycles. The van der Waals surface area contributed by atoms with Gasteiger partial charge in [0, 0.05) is 17.0 Å². The number of aryl methyl sites for hydroxylation is 1. The SMILES string of the molecule is CCCc1sc(NC(=O)c2ccc(CN)cc2)c(C(=O)O)c1C. The van der Waals surface area contributed by atoms with Crippen LogP contribution in [0.4, 0.5) is 5.00 Å². The van der Waals surface area contributed by atoms with Crippen molar-refractivity contribution in [3.05, 3.63) is 51.4 Å². The number of carbonyl (C=O) groups is 2. The lowest BCUT2D eigenvalue weighted by atomic mass is 10.1. The zero-order valence-electron chi connectivity index (χ0n) is 13.2. The maximum absolute atomic E-state index is 12.3. The zero-order valence-corrected chi connectivity index (χ0v) is 14.0. The molecule has 0 radical (unpaired) electrons. The summed E-state index contributed by atoms with van der Waals surface area (Å²) in [5.41, 5.74) is 7.87. The molecule has 0 saturated carbocycles. The van der Waals surface area contributed by atoms with Gasteiger partial charge in [0.2, 0.25) is 0 Å². The van der Waals surface area contributed by atoms with E-state index >= 15 is 0 Å². The second kappa shape index (κ2) is 7.39. The van der Waals surface area contributed by atoms with Crippen LogP contribution in [0.1, 0.15) is 50.1 Å². The summed E-state index contributed by atoms with van der Waals surface area (Å²) in [6.45, 7) is 4.24. The highest BCUT2D eigenvalue weighted by molar-refractivity contribution is 7.17. The average Bonchev–Trinajstić information content (AvgIpc) is 2.83. The number of amides is 1. The molecule has 0 aliphatic rings. The van der Waals surface area contributed by atoms with Crippen LogP contribution in [0.5, 0.6) is 0 Å². The number of hydrogen-bond donors (Lipinski definition) is 3. The van der Waals surface area contributed by atoms with E-state index in [0.29, 0.717) is 17.1 Å². The number of benzene rings is 1. The van der Waals surface area contributed by atoms with Gasteiger partial charge in [-0.25, -0.2) is 4.79 Å². The predicted molar refractivity (Wildman–Crippen MR) is 92.3 cm³/mol. The lowest BCUT2D eigenvalue weighted by Crippen LogP contribution is -2.13. The Morgan fingerprint density at radius 3 is 2.43 bits per heavy atom. The molecule has 5 nitrogen and oxygen atoms in total. The van der Waals surface area contributed by atoms with E-state index in [-0.39, 0.29) is 11.5 Å². The highest BCUT2D eigenvalue weighted by Gasteiger charge is 2.22. The summed E-state index contributed by atoms with van der Waals surface area (Å²) in [5.74, 6) is -1.34. The number of carboxylic acid groups (broad SMARTS) is 1. The Labute approximate surface area is 139 Å². The smallest absolute Gasteiger partial charge is 0.338 e. The molecular weight excluding hydrogens is 312 g/mol. The summed E-state index contributed by atoms with van der Waals surface area (Å²) in [6.07, 6.45) is 1.73. The third-order valence-corrected chi connectivity index (χ3v) is 4.88. The van der Waals surface area contributed by atoms with Crippen LogP contribution in [0.25, 0.3) is 0 Å². The molecule has 0 aliphatic carbocycles. The van der Waals surface area contributed by atoms with Crippen LogP contribution in [0.3, 0.4) is 0 Å². The quantitative estimate of drug-likeness (QED) is 0.756. The predicted octanol–water partition coefficient (Wildman–Crippen LogP) is 3.42. The minimum absolute atomic E-state index is 0.186. The maximum Gasteiger partial charge on any atom is 0.338 e. The Bertz CT molecular complexity index is 720. The number of nitrogens with two attached hydrogens (primary N) is 1. The molecule has 1 heterocycles. The molecule has 4 N–H and O–H groups in total.